The number of nitrogens with one attached hydrogen (secondary N) is 1. The molecule has 1 aliphatic carbocycles. The molecule has 158 valence electrons. The average Bonchev–Trinajstić information content (AvgIpc) is 2.68. The number of aryl methyl sites for hydroxylation is 1. The number of nitrogens with zero attached hydrogens (tertiary/aromatic N) is 1. The van der Waals surface area contributed by atoms with Gasteiger partial charge >= 0.3 is 0 Å². The van der Waals surface area contributed by atoms with Gasteiger partial charge in [-0.1, -0.05) is 19.1 Å². The van der Waals surface area contributed by atoms with E-state index in [1.165, 1.54) is 10.6 Å². The van der Waals surface area contributed by atoms with Crippen LogP contribution < -0.4 is 10.9 Å². The average molecular weight is 425 g/mol. The van der Waals surface area contributed by atoms with Crippen LogP contribution in [0.4, 0.5) is 14.5 Å². The van der Waals surface area contributed by atoms with Crippen molar-refractivity contribution in [2.45, 2.75) is 56.4 Å². The van der Waals surface area contributed by atoms with E-state index in [1.54, 1.807) is 45.3 Å². The molecule has 3 rings (SSSR count). The molecule has 0 saturated heterocycles. The van der Waals surface area contributed by atoms with Crippen LogP contribution in [0.25, 0.3) is 11.1 Å². The van der Waals surface area contributed by atoms with E-state index in [1.807, 2.05) is 0 Å². The third-order valence-corrected chi connectivity index (χ3v) is 7.28. The molecular weight excluding hydrogens is 398 g/mol. The molecule has 1 saturated carbocycles. The normalized spacial score (nSPS) is 17.3. The lowest BCUT2D eigenvalue weighted by Gasteiger charge is -2.30. The molecule has 0 bridgehead atoms. The summed E-state index contributed by atoms with van der Waals surface area (Å²) in [4.78, 5) is 12.7. The summed E-state index contributed by atoms with van der Waals surface area (Å²) >= 11 is 0. The van der Waals surface area contributed by atoms with Gasteiger partial charge in [-0.15, -0.1) is 0 Å². The maximum atomic E-state index is 13.5. The lowest BCUT2D eigenvalue weighted by atomic mass is 9.91. The standard InChI is InChI=1S/C21H26F2N2O3S/c1-4-29(27,28)17-7-5-6-15(12-17)19-14(2)20(26)25(3)13-18(19)24-16-8-10-21(22,23)11-9-16/h5-7,12-13,16,24H,4,8-11H2,1-3H3. The van der Waals surface area contributed by atoms with Gasteiger partial charge in [-0.05, 0) is 37.5 Å². The first kappa shape index (κ1) is 21.5. The highest BCUT2D eigenvalue weighted by Crippen LogP contribution is 2.37. The number of halogens is 2. The number of hydrogen-bond acceptors (Lipinski definition) is 4. The van der Waals surface area contributed by atoms with E-state index in [2.05, 4.69) is 5.32 Å². The maximum absolute atomic E-state index is 13.5. The van der Waals surface area contributed by atoms with Crippen LogP contribution in [-0.4, -0.2) is 30.7 Å². The van der Waals surface area contributed by atoms with Crippen molar-refractivity contribution in [1.82, 2.24) is 4.57 Å². The molecule has 0 radical (unpaired) electrons. The van der Waals surface area contributed by atoms with Gasteiger partial charge in [-0.3, -0.25) is 4.79 Å². The summed E-state index contributed by atoms with van der Waals surface area (Å²) in [6.45, 7) is 3.27. The van der Waals surface area contributed by atoms with Gasteiger partial charge in [-0.2, -0.15) is 0 Å². The van der Waals surface area contributed by atoms with Crippen molar-refractivity contribution in [3.63, 3.8) is 0 Å². The zero-order valence-electron chi connectivity index (χ0n) is 16.8. The Morgan fingerprint density at radius 1 is 1.24 bits per heavy atom. The summed E-state index contributed by atoms with van der Waals surface area (Å²) < 4.78 is 53.1. The Morgan fingerprint density at radius 3 is 2.52 bits per heavy atom. The number of alkyl halides is 2. The minimum absolute atomic E-state index is 0.0205. The molecule has 29 heavy (non-hydrogen) atoms. The van der Waals surface area contributed by atoms with Crippen LogP contribution in [0, 0.1) is 6.92 Å². The van der Waals surface area contributed by atoms with Crippen LogP contribution in [0.15, 0.2) is 40.2 Å². The minimum Gasteiger partial charge on any atom is -0.381 e. The van der Waals surface area contributed by atoms with Crippen LogP contribution in [0.1, 0.15) is 38.2 Å². The Bertz CT molecular complexity index is 1070. The molecule has 8 heteroatoms. The summed E-state index contributed by atoms with van der Waals surface area (Å²) in [5.41, 5.74) is 2.15. The first-order valence-corrected chi connectivity index (χ1v) is 11.4. The van der Waals surface area contributed by atoms with Gasteiger partial charge in [0, 0.05) is 43.3 Å². The van der Waals surface area contributed by atoms with Crippen molar-refractivity contribution in [2.24, 2.45) is 7.05 Å². The van der Waals surface area contributed by atoms with Crippen LogP contribution >= 0.6 is 0 Å². The summed E-state index contributed by atoms with van der Waals surface area (Å²) in [5, 5.41) is 3.32. The molecule has 1 aromatic heterocycles. The number of benzene rings is 1. The van der Waals surface area contributed by atoms with Gasteiger partial charge < -0.3 is 9.88 Å². The van der Waals surface area contributed by atoms with E-state index in [-0.39, 0.29) is 35.1 Å². The molecule has 0 unspecified atom stereocenters. The fourth-order valence-corrected chi connectivity index (χ4v) is 4.71. The molecule has 1 fully saturated rings. The molecule has 1 heterocycles. The molecule has 1 aliphatic rings. The Hall–Kier alpha value is -2.22. The maximum Gasteiger partial charge on any atom is 0.253 e. The SMILES string of the molecule is CCS(=O)(=O)c1cccc(-c2c(NC3CCC(F)(F)CC3)cn(C)c(=O)c2C)c1. The molecule has 1 N–H and O–H groups in total. The number of aromatic nitrogens is 1. The van der Waals surface area contributed by atoms with E-state index in [0.29, 0.717) is 35.2 Å². The zero-order valence-corrected chi connectivity index (χ0v) is 17.7. The van der Waals surface area contributed by atoms with Crippen LogP contribution in [0.3, 0.4) is 0 Å². The van der Waals surface area contributed by atoms with Crippen molar-refractivity contribution in [3.8, 4) is 11.1 Å². The van der Waals surface area contributed by atoms with E-state index in [9.17, 15) is 22.0 Å². The topological polar surface area (TPSA) is 68.2 Å². The number of sulfone groups is 1. The molecule has 2 aromatic rings. The Morgan fingerprint density at radius 2 is 1.90 bits per heavy atom. The van der Waals surface area contributed by atoms with Gasteiger partial charge in [0.2, 0.25) is 5.92 Å². The minimum atomic E-state index is -3.40. The van der Waals surface area contributed by atoms with Crippen molar-refractivity contribution >= 4 is 15.5 Å². The molecule has 0 amide bonds. The molecule has 5 nitrogen and oxygen atoms in total. The van der Waals surface area contributed by atoms with Gasteiger partial charge in [-0.25, -0.2) is 17.2 Å². The number of anilines is 1. The van der Waals surface area contributed by atoms with Crippen molar-refractivity contribution < 1.29 is 17.2 Å². The Balaban J connectivity index is 2.06. The predicted molar refractivity (Wildman–Crippen MR) is 110 cm³/mol. The highest BCUT2D eigenvalue weighted by Gasteiger charge is 2.35. The van der Waals surface area contributed by atoms with Crippen LogP contribution in [0.2, 0.25) is 0 Å². The summed E-state index contributed by atoms with van der Waals surface area (Å²) in [6, 6.07) is 6.39. The zero-order chi connectivity index (χ0) is 21.4. The van der Waals surface area contributed by atoms with E-state index < -0.39 is 15.8 Å². The van der Waals surface area contributed by atoms with Crippen molar-refractivity contribution in [3.05, 3.63) is 46.4 Å². The van der Waals surface area contributed by atoms with E-state index in [0.717, 1.165) is 0 Å². The molecular formula is C21H26F2N2O3S. The molecule has 1 aromatic carbocycles. The lowest BCUT2D eigenvalue weighted by Crippen LogP contribution is -2.33. The smallest absolute Gasteiger partial charge is 0.253 e. The molecule has 0 atom stereocenters. The van der Waals surface area contributed by atoms with E-state index >= 15 is 0 Å². The quantitative estimate of drug-likeness (QED) is 0.783. The second-order valence-corrected chi connectivity index (χ2v) is 9.94. The van der Waals surface area contributed by atoms with Gasteiger partial charge in [0.25, 0.3) is 5.56 Å². The van der Waals surface area contributed by atoms with Gasteiger partial charge in [0.1, 0.15) is 0 Å². The molecule has 0 spiro atoms. The van der Waals surface area contributed by atoms with Crippen LogP contribution in [0.5, 0.6) is 0 Å². The van der Waals surface area contributed by atoms with Gasteiger partial charge in [0.05, 0.1) is 16.3 Å². The third kappa shape index (κ3) is 4.52. The fourth-order valence-electron chi connectivity index (χ4n) is 3.79. The number of rotatable bonds is 5. The monoisotopic (exact) mass is 424 g/mol. The summed E-state index contributed by atoms with van der Waals surface area (Å²) in [7, 11) is -1.76. The third-order valence-electron chi connectivity index (χ3n) is 5.55. The van der Waals surface area contributed by atoms with E-state index in [4.69, 9.17) is 0 Å². The van der Waals surface area contributed by atoms with Crippen molar-refractivity contribution in [1.29, 1.82) is 0 Å². The molecule has 0 aliphatic heterocycles. The first-order chi connectivity index (χ1) is 13.5. The van der Waals surface area contributed by atoms with Crippen molar-refractivity contribution in [2.75, 3.05) is 11.1 Å². The fraction of sp³-hybridized carbons (Fsp3) is 0.476. The predicted octanol–water partition coefficient (Wildman–Crippen LogP) is 4.14. The lowest BCUT2D eigenvalue weighted by molar-refractivity contribution is -0.0360. The van der Waals surface area contributed by atoms with Crippen LogP contribution in [-0.2, 0) is 16.9 Å². The second kappa shape index (κ2) is 7.89. The highest BCUT2D eigenvalue weighted by atomic mass is 32.2. The highest BCUT2D eigenvalue weighted by molar-refractivity contribution is 7.91. The largest absolute Gasteiger partial charge is 0.381 e. The number of pyridine rings is 1. The Kier molecular flexibility index (Phi) is 5.85. The first-order valence-electron chi connectivity index (χ1n) is 9.72. The summed E-state index contributed by atoms with van der Waals surface area (Å²) in [5.74, 6) is -2.64. The second-order valence-electron chi connectivity index (χ2n) is 7.66. The Labute approximate surface area is 169 Å². The number of hydrogen-bond donors (Lipinski definition) is 1. The van der Waals surface area contributed by atoms with Gasteiger partial charge in [0.15, 0.2) is 9.84 Å². The summed E-state index contributed by atoms with van der Waals surface area (Å²) in [6.07, 6.45) is 1.97.